The molecule has 1 aliphatic rings. The fraction of sp³-hybridized carbons (Fsp3) is 0.333. The summed E-state index contributed by atoms with van der Waals surface area (Å²) in [5, 5.41) is 2.39. The van der Waals surface area contributed by atoms with Crippen molar-refractivity contribution in [1.29, 1.82) is 0 Å². The van der Waals surface area contributed by atoms with Crippen LogP contribution in [-0.2, 0) is 17.8 Å². The molecule has 0 aromatic heterocycles. The van der Waals surface area contributed by atoms with Crippen molar-refractivity contribution in [3.63, 3.8) is 0 Å². The quantitative estimate of drug-likeness (QED) is 0.821. The zero-order valence-electron chi connectivity index (χ0n) is 15.3. The van der Waals surface area contributed by atoms with E-state index in [1.807, 2.05) is 54.6 Å². The van der Waals surface area contributed by atoms with Gasteiger partial charge >= 0.3 is 6.03 Å². The summed E-state index contributed by atoms with van der Waals surface area (Å²) >= 11 is 0. The lowest BCUT2D eigenvalue weighted by atomic mass is 10.1. The van der Waals surface area contributed by atoms with E-state index in [1.54, 1.807) is 4.90 Å². The zero-order chi connectivity index (χ0) is 19.1. The molecule has 0 unspecified atom stereocenters. The van der Waals surface area contributed by atoms with E-state index in [9.17, 15) is 9.59 Å². The Kier molecular flexibility index (Phi) is 6.44. The summed E-state index contributed by atoms with van der Waals surface area (Å²) in [6.45, 7) is 1.89. The minimum absolute atomic E-state index is 0.349. The van der Waals surface area contributed by atoms with Crippen LogP contribution in [0.25, 0.3) is 0 Å². The molecule has 0 spiro atoms. The Hall–Kier alpha value is -2.86. The van der Waals surface area contributed by atoms with Gasteiger partial charge in [0, 0.05) is 13.1 Å². The maximum absolute atomic E-state index is 12.1. The number of nitrogens with two attached hydrogens (primary N) is 1. The maximum atomic E-state index is 12.1. The molecule has 0 radical (unpaired) electrons. The van der Waals surface area contributed by atoms with Gasteiger partial charge in [-0.1, -0.05) is 42.5 Å². The molecule has 1 atom stereocenters. The van der Waals surface area contributed by atoms with E-state index in [2.05, 4.69) is 5.32 Å². The molecule has 0 bridgehead atoms. The van der Waals surface area contributed by atoms with Crippen molar-refractivity contribution in [2.24, 2.45) is 5.73 Å². The Morgan fingerprint density at radius 3 is 2.33 bits per heavy atom. The molecule has 6 heteroatoms. The van der Waals surface area contributed by atoms with Gasteiger partial charge in [-0.3, -0.25) is 10.1 Å². The second kappa shape index (κ2) is 9.19. The molecule has 142 valence electrons. The molecule has 2 aromatic carbocycles. The monoisotopic (exact) mass is 367 g/mol. The van der Waals surface area contributed by atoms with Crippen molar-refractivity contribution in [1.82, 2.24) is 10.2 Å². The van der Waals surface area contributed by atoms with Gasteiger partial charge in [0.1, 0.15) is 12.4 Å². The largest absolute Gasteiger partial charge is 0.489 e. The summed E-state index contributed by atoms with van der Waals surface area (Å²) in [7, 11) is 0. The number of nitrogens with zero attached hydrogens (tertiary/aromatic N) is 1. The number of benzene rings is 2. The van der Waals surface area contributed by atoms with E-state index in [1.165, 1.54) is 0 Å². The number of amides is 3. The van der Waals surface area contributed by atoms with E-state index >= 15 is 0 Å². The zero-order valence-corrected chi connectivity index (χ0v) is 15.3. The first-order valence-electron chi connectivity index (χ1n) is 9.23. The molecule has 1 fully saturated rings. The van der Waals surface area contributed by atoms with Crippen LogP contribution in [0.4, 0.5) is 4.79 Å². The first kappa shape index (κ1) is 18.9. The summed E-state index contributed by atoms with van der Waals surface area (Å²) in [6, 6.07) is 16.3. The highest BCUT2D eigenvalue weighted by atomic mass is 16.5. The van der Waals surface area contributed by atoms with E-state index in [0.717, 1.165) is 29.7 Å². The molecule has 3 rings (SSSR count). The number of carbonyl (C=O) groups excluding carboxylic acids is 2. The fourth-order valence-corrected chi connectivity index (χ4v) is 3.01. The Morgan fingerprint density at radius 2 is 1.67 bits per heavy atom. The van der Waals surface area contributed by atoms with Crippen LogP contribution in [0, 0.1) is 0 Å². The van der Waals surface area contributed by atoms with Crippen LogP contribution in [0.2, 0.25) is 0 Å². The highest BCUT2D eigenvalue weighted by Gasteiger charge is 2.22. The van der Waals surface area contributed by atoms with E-state index in [4.69, 9.17) is 10.5 Å². The predicted octanol–water partition coefficient (Wildman–Crippen LogP) is 2.47. The SMILES string of the molecule is N[C@@H](Cc1ccc(OCc2ccccc2)cc1)C(=O)NC(=O)N1CCCC1. The van der Waals surface area contributed by atoms with Gasteiger partial charge in [-0.25, -0.2) is 4.79 Å². The third kappa shape index (κ3) is 5.56. The average molecular weight is 367 g/mol. The van der Waals surface area contributed by atoms with Crippen LogP contribution in [0.15, 0.2) is 54.6 Å². The van der Waals surface area contributed by atoms with Gasteiger partial charge < -0.3 is 15.4 Å². The van der Waals surface area contributed by atoms with Gasteiger partial charge in [0.05, 0.1) is 6.04 Å². The minimum Gasteiger partial charge on any atom is -0.489 e. The van der Waals surface area contributed by atoms with Gasteiger partial charge in [-0.05, 0) is 42.5 Å². The number of imide groups is 1. The number of ether oxygens (including phenoxy) is 1. The molecule has 0 aliphatic carbocycles. The number of hydrogen-bond acceptors (Lipinski definition) is 4. The molecule has 1 aliphatic heterocycles. The summed E-state index contributed by atoms with van der Waals surface area (Å²) in [6.07, 6.45) is 2.32. The molecule has 0 saturated carbocycles. The van der Waals surface area contributed by atoms with Gasteiger partial charge in [0.25, 0.3) is 0 Å². The van der Waals surface area contributed by atoms with Crippen LogP contribution in [0.1, 0.15) is 24.0 Å². The average Bonchev–Trinajstić information content (AvgIpc) is 3.23. The van der Waals surface area contributed by atoms with Crippen LogP contribution in [-0.4, -0.2) is 36.0 Å². The molecule has 2 aromatic rings. The molecule has 27 heavy (non-hydrogen) atoms. The second-order valence-electron chi connectivity index (χ2n) is 6.72. The lowest BCUT2D eigenvalue weighted by Crippen LogP contribution is -2.48. The minimum atomic E-state index is -0.771. The van der Waals surface area contributed by atoms with Crippen molar-refractivity contribution in [2.45, 2.75) is 31.9 Å². The molecule has 3 N–H and O–H groups in total. The number of urea groups is 1. The number of carbonyl (C=O) groups is 2. The van der Waals surface area contributed by atoms with Crippen LogP contribution in [0.5, 0.6) is 5.75 Å². The second-order valence-corrected chi connectivity index (χ2v) is 6.72. The smallest absolute Gasteiger partial charge is 0.324 e. The first-order valence-corrected chi connectivity index (χ1v) is 9.23. The highest BCUT2D eigenvalue weighted by Crippen LogP contribution is 2.15. The molecular weight excluding hydrogens is 342 g/mol. The standard InChI is InChI=1S/C21H25N3O3/c22-19(20(25)23-21(26)24-12-4-5-13-24)14-16-8-10-18(11-9-16)27-15-17-6-2-1-3-7-17/h1-3,6-11,19H,4-5,12-15,22H2,(H,23,25,26)/t19-/m0/s1. The molecular formula is C21H25N3O3. The fourth-order valence-electron chi connectivity index (χ4n) is 3.01. The Bertz CT molecular complexity index is 756. The van der Waals surface area contributed by atoms with Crippen molar-refractivity contribution >= 4 is 11.9 Å². The van der Waals surface area contributed by atoms with Crippen molar-refractivity contribution in [2.75, 3.05) is 13.1 Å². The maximum Gasteiger partial charge on any atom is 0.324 e. The van der Waals surface area contributed by atoms with Crippen molar-refractivity contribution in [3.8, 4) is 5.75 Å². The highest BCUT2D eigenvalue weighted by molar-refractivity contribution is 5.97. The Morgan fingerprint density at radius 1 is 1.00 bits per heavy atom. The van der Waals surface area contributed by atoms with E-state index in [0.29, 0.717) is 26.1 Å². The van der Waals surface area contributed by atoms with Crippen LogP contribution < -0.4 is 15.8 Å². The van der Waals surface area contributed by atoms with Gasteiger partial charge in [0.15, 0.2) is 0 Å². The van der Waals surface area contributed by atoms with Gasteiger partial charge in [-0.15, -0.1) is 0 Å². The predicted molar refractivity (Wildman–Crippen MR) is 103 cm³/mol. The molecule has 1 heterocycles. The lowest BCUT2D eigenvalue weighted by molar-refractivity contribution is -0.121. The third-order valence-electron chi connectivity index (χ3n) is 4.59. The Balaban J connectivity index is 1.46. The summed E-state index contributed by atoms with van der Waals surface area (Å²) < 4.78 is 5.75. The first-order chi connectivity index (χ1) is 13.1. The summed E-state index contributed by atoms with van der Waals surface area (Å²) in [5.41, 5.74) is 7.97. The number of nitrogens with one attached hydrogen (secondary N) is 1. The van der Waals surface area contributed by atoms with Gasteiger partial charge in [0.2, 0.25) is 5.91 Å². The number of hydrogen-bond donors (Lipinski definition) is 2. The third-order valence-corrected chi connectivity index (χ3v) is 4.59. The van der Waals surface area contributed by atoms with E-state index < -0.39 is 11.9 Å². The van der Waals surface area contributed by atoms with Gasteiger partial charge in [-0.2, -0.15) is 0 Å². The number of rotatable bonds is 6. The van der Waals surface area contributed by atoms with Crippen LogP contribution >= 0.6 is 0 Å². The molecule has 1 saturated heterocycles. The summed E-state index contributed by atoms with van der Waals surface area (Å²) in [5.74, 6) is 0.307. The van der Waals surface area contributed by atoms with Crippen molar-refractivity contribution < 1.29 is 14.3 Å². The van der Waals surface area contributed by atoms with E-state index in [-0.39, 0.29) is 6.03 Å². The summed E-state index contributed by atoms with van der Waals surface area (Å²) in [4.78, 5) is 25.7. The number of likely N-dealkylation sites (tertiary alicyclic amines) is 1. The molecule has 3 amide bonds. The normalized spacial score (nSPS) is 14.6. The van der Waals surface area contributed by atoms with Crippen LogP contribution in [0.3, 0.4) is 0 Å². The topological polar surface area (TPSA) is 84.7 Å². The Labute approximate surface area is 159 Å². The molecule has 6 nitrogen and oxygen atoms in total. The van der Waals surface area contributed by atoms with Crippen molar-refractivity contribution in [3.05, 3.63) is 65.7 Å². The lowest BCUT2D eigenvalue weighted by Gasteiger charge is -2.17.